The third-order valence-electron chi connectivity index (χ3n) is 3.32. The Bertz CT molecular complexity index is 450. The number of rotatable bonds is 3. The first-order chi connectivity index (χ1) is 8.63. The molecule has 5 N–H and O–H groups in total. The lowest BCUT2D eigenvalue weighted by Gasteiger charge is -2.35. The normalized spacial score (nSPS) is 19.8. The SMILES string of the molecule is NC(=O)c1cc(N2CCCCC2CO)ncc1N. The quantitative estimate of drug-likeness (QED) is 0.706. The topological polar surface area (TPSA) is 105 Å². The first kappa shape index (κ1) is 12.6. The molecule has 1 fully saturated rings. The number of nitrogens with zero attached hydrogens (tertiary/aromatic N) is 2. The van der Waals surface area contributed by atoms with Gasteiger partial charge in [-0.15, -0.1) is 0 Å². The van der Waals surface area contributed by atoms with Crippen molar-refractivity contribution in [3.63, 3.8) is 0 Å². The Balaban J connectivity index is 2.32. The number of anilines is 2. The summed E-state index contributed by atoms with van der Waals surface area (Å²) in [6.45, 7) is 0.901. The van der Waals surface area contributed by atoms with Crippen LogP contribution in [-0.4, -0.2) is 35.2 Å². The number of nitrogens with two attached hydrogens (primary N) is 2. The maximum atomic E-state index is 11.3. The van der Waals surface area contributed by atoms with Gasteiger partial charge < -0.3 is 21.5 Å². The lowest BCUT2D eigenvalue weighted by Crippen LogP contribution is -2.42. The van der Waals surface area contributed by atoms with E-state index >= 15 is 0 Å². The molecule has 1 aliphatic heterocycles. The zero-order chi connectivity index (χ0) is 13.1. The molecule has 98 valence electrons. The number of hydrogen-bond acceptors (Lipinski definition) is 5. The monoisotopic (exact) mass is 250 g/mol. The van der Waals surface area contributed by atoms with Gasteiger partial charge in [0.1, 0.15) is 5.82 Å². The first-order valence-corrected chi connectivity index (χ1v) is 6.06. The molecule has 6 nitrogen and oxygen atoms in total. The number of carbonyl (C=O) groups excluding carboxylic acids is 1. The van der Waals surface area contributed by atoms with E-state index in [0.717, 1.165) is 25.8 Å². The molecule has 0 aromatic carbocycles. The van der Waals surface area contributed by atoms with Crippen LogP contribution in [0.1, 0.15) is 29.6 Å². The highest BCUT2D eigenvalue weighted by molar-refractivity contribution is 5.98. The molecule has 0 radical (unpaired) electrons. The molecule has 1 aliphatic rings. The van der Waals surface area contributed by atoms with Gasteiger partial charge in [0.15, 0.2) is 0 Å². The average molecular weight is 250 g/mol. The van der Waals surface area contributed by atoms with Crippen molar-refractivity contribution < 1.29 is 9.90 Å². The maximum Gasteiger partial charge on any atom is 0.250 e. The summed E-state index contributed by atoms with van der Waals surface area (Å²) in [5.41, 5.74) is 11.5. The molecule has 6 heteroatoms. The van der Waals surface area contributed by atoms with Crippen molar-refractivity contribution in [2.45, 2.75) is 25.3 Å². The number of aromatic nitrogens is 1. The lowest BCUT2D eigenvalue weighted by molar-refractivity contribution is 0.100. The van der Waals surface area contributed by atoms with Crippen LogP contribution in [-0.2, 0) is 0 Å². The number of pyridine rings is 1. The predicted octanol–water partition coefficient (Wildman–Crippen LogP) is 0.114. The molecule has 18 heavy (non-hydrogen) atoms. The van der Waals surface area contributed by atoms with Crippen molar-refractivity contribution in [3.8, 4) is 0 Å². The van der Waals surface area contributed by atoms with Crippen molar-refractivity contribution >= 4 is 17.4 Å². The van der Waals surface area contributed by atoms with Crippen LogP contribution in [0, 0.1) is 0 Å². The van der Waals surface area contributed by atoms with Gasteiger partial charge in [-0.25, -0.2) is 4.98 Å². The highest BCUT2D eigenvalue weighted by Crippen LogP contribution is 2.25. The van der Waals surface area contributed by atoms with Crippen LogP contribution in [0.3, 0.4) is 0 Å². The van der Waals surface area contributed by atoms with Gasteiger partial charge in [0.25, 0.3) is 5.91 Å². The van der Waals surface area contributed by atoms with E-state index in [9.17, 15) is 9.90 Å². The number of aliphatic hydroxyl groups is 1. The largest absolute Gasteiger partial charge is 0.397 e. The molecule has 1 aromatic heterocycles. The Morgan fingerprint density at radius 3 is 3.00 bits per heavy atom. The van der Waals surface area contributed by atoms with Crippen molar-refractivity contribution in [2.24, 2.45) is 5.73 Å². The number of nitrogen functional groups attached to an aromatic ring is 1. The Morgan fingerprint density at radius 1 is 1.56 bits per heavy atom. The fraction of sp³-hybridized carbons (Fsp3) is 0.500. The summed E-state index contributed by atoms with van der Waals surface area (Å²) >= 11 is 0. The smallest absolute Gasteiger partial charge is 0.250 e. The van der Waals surface area contributed by atoms with Gasteiger partial charge in [0.05, 0.1) is 30.1 Å². The van der Waals surface area contributed by atoms with Gasteiger partial charge in [0, 0.05) is 6.54 Å². The molecule has 1 saturated heterocycles. The van der Waals surface area contributed by atoms with Gasteiger partial charge in [0.2, 0.25) is 0 Å². The summed E-state index contributed by atoms with van der Waals surface area (Å²) in [7, 11) is 0. The second-order valence-corrected chi connectivity index (χ2v) is 4.52. The number of carbonyl (C=O) groups is 1. The van der Waals surface area contributed by atoms with Crippen molar-refractivity contribution in [3.05, 3.63) is 17.8 Å². The van der Waals surface area contributed by atoms with E-state index < -0.39 is 5.91 Å². The summed E-state index contributed by atoms with van der Waals surface area (Å²) in [5, 5.41) is 9.37. The van der Waals surface area contributed by atoms with Crippen molar-refractivity contribution in [1.82, 2.24) is 4.98 Å². The van der Waals surface area contributed by atoms with Gasteiger partial charge in [-0.3, -0.25) is 4.79 Å². The highest BCUT2D eigenvalue weighted by atomic mass is 16.3. The standard InChI is InChI=1S/C12H18N4O2/c13-10-6-15-11(5-9(10)12(14)18)16-4-2-1-3-8(16)7-17/h5-6,8,17H,1-4,7,13H2,(H2,14,18). The third kappa shape index (κ3) is 2.38. The lowest BCUT2D eigenvalue weighted by atomic mass is 10.0. The number of aliphatic hydroxyl groups excluding tert-OH is 1. The molecule has 0 spiro atoms. The fourth-order valence-electron chi connectivity index (χ4n) is 2.32. The molecule has 0 aliphatic carbocycles. The molecule has 2 rings (SSSR count). The zero-order valence-electron chi connectivity index (χ0n) is 10.2. The Labute approximate surface area is 106 Å². The van der Waals surface area contributed by atoms with E-state index in [2.05, 4.69) is 4.98 Å². The summed E-state index contributed by atoms with van der Waals surface area (Å²) in [5.74, 6) is 0.0884. The number of piperidine rings is 1. The van der Waals surface area contributed by atoms with Gasteiger partial charge in [-0.05, 0) is 25.3 Å². The maximum absolute atomic E-state index is 11.3. The zero-order valence-corrected chi connectivity index (χ0v) is 10.2. The molecule has 2 heterocycles. The minimum absolute atomic E-state index is 0.0515. The van der Waals surface area contributed by atoms with Crippen LogP contribution in [0.4, 0.5) is 11.5 Å². The summed E-state index contributed by atoms with van der Waals surface area (Å²) in [4.78, 5) is 17.5. The van der Waals surface area contributed by atoms with Gasteiger partial charge in [-0.2, -0.15) is 0 Å². The van der Waals surface area contributed by atoms with Crippen LogP contribution in [0.15, 0.2) is 12.3 Å². The van der Waals surface area contributed by atoms with Gasteiger partial charge >= 0.3 is 0 Å². The first-order valence-electron chi connectivity index (χ1n) is 6.06. The van der Waals surface area contributed by atoms with Crippen molar-refractivity contribution in [1.29, 1.82) is 0 Å². The van der Waals surface area contributed by atoms with Crippen LogP contribution in [0.25, 0.3) is 0 Å². The minimum Gasteiger partial charge on any atom is -0.397 e. The number of primary amides is 1. The average Bonchev–Trinajstić information content (AvgIpc) is 2.39. The minimum atomic E-state index is -0.561. The predicted molar refractivity (Wildman–Crippen MR) is 69.2 cm³/mol. The summed E-state index contributed by atoms with van der Waals surface area (Å²) < 4.78 is 0. The molecular formula is C12H18N4O2. The molecule has 1 aromatic rings. The Hall–Kier alpha value is -1.82. The highest BCUT2D eigenvalue weighted by Gasteiger charge is 2.23. The number of amides is 1. The summed E-state index contributed by atoms with van der Waals surface area (Å²) in [6, 6.07) is 1.65. The van der Waals surface area contributed by atoms with E-state index in [-0.39, 0.29) is 23.9 Å². The van der Waals surface area contributed by atoms with E-state index in [1.54, 1.807) is 6.07 Å². The second kappa shape index (κ2) is 5.22. The Kier molecular flexibility index (Phi) is 3.66. The van der Waals surface area contributed by atoms with E-state index in [1.165, 1.54) is 6.20 Å². The molecule has 1 atom stereocenters. The van der Waals surface area contributed by atoms with Crippen LogP contribution in [0.2, 0.25) is 0 Å². The van der Waals surface area contributed by atoms with E-state index in [0.29, 0.717) is 5.82 Å². The fourth-order valence-corrected chi connectivity index (χ4v) is 2.32. The van der Waals surface area contributed by atoms with Crippen LogP contribution in [0.5, 0.6) is 0 Å². The molecule has 0 bridgehead atoms. The molecular weight excluding hydrogens is 232 g/mol. The third-order valence-corrected chi connectivity index (χ3v) is 3.32. The van der Waals surface area contributed by atoms with Crippen molar-refractivity contribution in [2.75, 3.05) is 23.8 Å². The summed E-state index contributed by atoms with van der Waals surface area (Å²) in [6.07, 6.45) is 4.51. The van der Waals surface area contributed by atoms with E-state index in [1.807, 2.05) is 4.90 Å². The molecule has 1 amide bonds. The van der Waals surface area contributed by atoms with Crippen LogP contribution >= 0.6 is 0 Å². The Morgan fingerprint density at radius 2 is 2.33 bits per heavy atom. The number of hydrogen-bond donors (Lipinski definition) is 3. The molecule has 1 unspecified atom stereocenters. The molecule has 0 saturated carbocycles. The van der Waals surface area contributed by atoms with Gasteiger partial charge in [-0.1, -0.05) is 0 Å². The van der Waals surface area contributed by atoms with Crippen LogP contribution < -0.4 is 16.4 Å². The second-order valence-electron chi connectivity index (χ2n) is 4.52. The van der Waals surface area contributed by atoms with E-state index in [4.69, 9.17) is 11.5 Å².